The van der Waals surface area contributed by atoms with E-state index in [0.29, 0.717) is 6.54 Å². The first-order chi connectivity index (χ1) is 13.2. The molecule has 0 atom stereocenters. The number of carbonyl (C=O) groups excluding carboxylic acids is 1. The van der Waals surface area contributed by atoms with Gasteiger partial charge < -0.3 is 10.2 Å². The summed E-state index contributed by atoms with van der Waals surface area (Å²) < 4.78 is 0. The summed E-state index contributed by atoms with van der Waals surface area (Å²) in [6.07, 6.45) is 0. The van der Waals surface area contributed by atoms with Gasteiger partial charge in [-0.3, -0.25) is 9.69 Å². The summed E-state index contributed by atoms with van der Waals surface area (Å²) in [6, 6.07) is 22.0. The number of halogens is 1. The van der Waals surface area contributed by atoms with Crippen LogP contribution in [0, 0.1) is 0 Å². The SMILES string of the molecule is O=C(CN1CCN(c2cccc(Cl)c2)CC1)Nc1cccc2ccccc12. The molecule has 0 unspecified atom stereocenters. The van der Waals surface area contributed by atoms with Gasteiger partial charge in [0, 0.05) is 48.0 Å². The van der Waals surface area contributed by atoms with Gasteiger partial charge in [0.1, 0.15) is 0 Å². The second-order valence-electron chi connectivity index (χ2n) is 6.82. The van der Waals surface area contributed by atoms with Crippen molar-refractivity contribution < 1.29 is 4.79 Å². The molecule has 3 aromatic rings. The molecule has 3 aromatic carbocycles. The molecule has 1 amide bonds. The lowest BCUT2D eigenvalue weighted by atomic mass is 10.1. The standard InChI is InChI=1S/C22H22ClN3O/c23-18-7-4-8-19(15-18)26-13-11-25(12-14-26)16-22(27)24-21-10-3-6-17-5-1-2-9-20(17)21/h1-10,15H,11-14,16H2,(H,24,27). The molecule has 4 nitrogen and oxygen atoms in total. The third-order valence-corrected chi connectivity index (χ3v) is 5.21. The lowest BCUT2D eigenvalue weighted by molar-refractivity contribution is -0.117. The molecule has 0 bridgehead atoms. The number of anilines is 2. The van der Waals surface area contributed by atoms with Crippen LogP contribution >= 0.6 is 11.6 Å². The van der Waals surface area contributed by atoms with Crippen molar-refractivity contribution in [3.63, 3.8) is 0 Å². The number of nitrogens with zero attached hydrogens (tertiary/aromatic N) is 2. The predicted octanol–water partition coefficient (Wildman–Crippen LogP) is 4.25. The zero-order valence-corrected chi connectivity index (χ0v) is 15.8. The fourth-order valence-corrected chi connectivity index (χ4v) is 3.75. The molecule has 4 rings (SSSR count). The average Bonchev–Trinajstić information content (AvgIpc) is 2.69. The number of fused-ring (bicyclic) bond motifs is 1. The number of carbonyl (C=O) groups is 1. The molecule has 0 aliphatic carbocycles. The summed E-state index contributed by atoms with van der Waals surface area (Å²) in [6.45, 7) is 3.90. The van der Waals surface area contributed by atoms with Crippen LogP contribution in [0.15, 0.2) is 66.7 Å². The lowest BCUT2D eigenvalue weighted by Crippen LogP contribution is -2.48. The van der Waals surface area contributed by atoms with Crippen LogP contribution in [0.4, 0.5) is 11.4 Å². The van der Waals surface area contributed by atoms with Crippen molar-refractivity contribution in [2.45, 2.75) is 0 Å². The van der Waals surface area contributed by atoms with Crippen molar-refractivity contribution in [2.75, 3.05) is 42.9 Å². The Balaban J connectivity index is 1.34. The van der Waals surface area contributed by atoms with Crippen LogP contribution < -0.4 is 10.2 Å². The van der Waals surface area contributed by atoms with Gasteiger partial charge >= 0.3 is 0 Å². The van der Waals surface area contributed by atoms with Crippen LogP contribution in [0.3, 0.4) is 0 Å². The maximum atomic E-state index is 12.5. The molecule has 27 heavy (non-hydrogen) atoms. The first-order valence-electron chi connectivity index (χ1n) is 9.19. The van der Waals surface area contributed by atoms with E-state index in [9.17, 15) is 4.79 Å². The second kappa shape index (κ2) is 7.99. The largest absolute Gasteiger partial charge is 0.369 e. The topological polar surface area (TPSA) is 35.6 Å². The minimum absolute atomic E-state index is 0.0301. The minimum Gasteiger partial charge on any atom is -0.369 e. The molecule has 1 aliphatic rings. The Morgan fingerprint density at radius 3 is 2.48 bits per heavy atom. The van der Waals surface area contributed by atoms with Crippen molar-refractivity contribution in [3.05, 3.63) is 71.8 Å². The molecule has 1 saturated heterocycles. The van der Waals surface area contributed by atoms with Gasteiger partial charge in [-0.15, -0.1) is 0 Å². The van der Waals surface area contributed by atoms with E-state index in [1.165, 1.54) is 0 Å². The van der Waals surface area contributed by atoms with E-state index >= 15 is 0 Å². The predicted molar refractivity (Wildman–Crippen MR) is 113 cm³/mol. The number of benzene rings is 3. The van der Waals surface area contributed by atoms with Crippen molar-refractivity contribution >= 4 is 39.7 Å². The maximum absolute atomic E-state index is 12.5. The van der Waals surface area contributed by atoms with Gasteiger partial charge in [-0.2, -0.15) is 0 Å². The number of hydrogen-bond acceptors (Lipinski definition) is 3. The molecule has 138 valence electrons. The van der Waals surface area contributed by atoms with Crippen LogP contribution in [0.5, 0.6) is 0 Å². The summed E-state index contributed by atoms with van der Waals surface area (Å²) in [5, 5.41) is 6.02. The molecule has 5 heteroatoms. The second-order valence-corrected chi connectivity index (χ2v) is 7.25. The van der Waals surface area contributed by atoms with Crippen LogP contribution in [-0.4, -0.2) is 43.5 Å². The van der Waals surface area contributed by atoms with E-state index in [1.54, 1.807) is 0 Å². The van der Waals surface area contributed by atoms with E-state index in [0.717, 1.165) is 53.3 Å². The van der Waals surface area contributed by atoms with Crippen molar-refractivity contribution in [2.24, 2.45) is 0 Å². The average molecular weight is 380 g/mol. The minimum atomic E-state index is 0.0301. The zero-order chi connectivity index (χ0) is 18.6. The highest BCUT2D eigenvalue weighted by Gasteiger charge is 2.19. The van der Waals surface area contributed by atoms with E-state index < -0.39 is 0 Å². The summed E-state index contributed by atoms with van der Waals surface area (Å²) >= 11 is 6.09. The Morgan fingerprint density at radius 2 is 1.67 bits per heavy atom. The van der Waals surface area contributed by atoms with Gasteiger partial charge in [0.15, 0.2) is 0 Å². The van der Waals surface area contributed by atoms with Gasteiger partial charge in [-0.25, -0.2) is 0 Å². The van der Waals surface area contributed by atoms with E-state index in [1.807, 2.05) is 48.5 Å². The van der Waals surface area contributed by atoms with Crippen LogP contribution in [0.1, 0.15) is 0 Å². The number of amides is 1. The van der Waals surface area contributed by atoms with E-state index in [-0.39, 0.29) is 5.91 Å². The molecular weight excluding hydrogens is 358 g/mol. The van der Waals surface area contributed by atoms with Gasteiger partial charge in [-0.05, 0) is 29.7 Å². The quantitative estimate of drug-likeness (QED) is 0.736. The molecule has 1 N–H and O–H groups in total. The van der Waals surface area contributed by atoms with Crippen molar-refractivity contribution in [3.8, 4) is 0 Å². The van der Waals surface area contributed by atoms with E-state index in [4.69, 9.17) is 11.6 Å². The van der Waals surface area contributed by atoms with Gasteiger partial charge in [0.05, 0.1) is 6.54 Å². The Labute approximate surface area is 164 Å². The molecule has 0 saturated carbocycles. The molecule has 1 fully saturated rings. The molecule has 0 aromatic heterocycles. The third-order valence-electron chi connectivity index (χ3n) is 4.98. The third kappa shape index (κ3) is 4.24. The van der Waals surface area contributed by atoms with Crippen LogP contribution in [0.25, 0.3) is 10.8 Å². The van der Waals surface area contributed by atoms with Crippen molar-refractivity contribution in [1.82, 2.24) is 4.90 Å². The molecular formula is C22H22ClN3O. The van der Waals surface area contributed by atoms with Gasteiger partial charge in [0.25, 0.3) is 0 Å². The fourth-order valence-electron chi connectivity index (χ4n) is 3.56. The summed E-state index contributed by atoms with van der Waals surface area (Å²) in [5.41, 5.74) is 2.01. The lowest BCUT2D eigenvalue weighted by Gasteiger charge is -2.35. The van der Waals surface area contributed by atoms with E-state index in [2.05, 4.69) is 33.3 Å². The number of rotatable bonds is 4. The van der Waals surface area contributed by atoms with Gasteiger partial charge in [0.2, 0.25) is 5.91 Å². The normalized spacial score (nSPS) is 15.1. The highest BCUT2D eigenvalue weighted by molar-refractivity contribution is 6.30. The Hall–Kier alpha value is -2.56. The fraction of sp³-hybridized carbons (Fsp3) is 0.227. The number of nitrogens with one attached hydrogen (secondary N) is 1. The number of hydrogen-bond donors (Lipinski definition) is 1. The number of piperazine rings is 1. The molecule has 0 spiro atoms. The molecule has 1 aliphatic heterocycles. The summed E-state index contributed by atoms with van der Waals surface area (Å²) in [5.74, 6) is 0.0301. The Morgan fingerprint density at radius 1 is 0.926 bits per heavy atom. The summed E-state index contributed by atoms with van der Waals surface area (Å²) in [7, 11) is 0. The smallest absolute Gasteiger partial charge is 0.238 e. The first kappa shape index (κ1) is 17.8. The Bertz CT molecular complexity index is 946. The molecule has 0 radical (unpaired) electrons. The first-order valence-corrected chi connectivity index (χ1v) is 9.57. The maximum Gasteiger partial charge on any atom is 0.238 e. The highest BCUT2D eigenvalue weighted by atomic mass is 35.5. The van der Waals surface area contributed by atoms with Crippen molar-refractivity contribution in [1.29, 1.82) is 0 Å². The summed E-state index contributed by atoms with van der Waals surface area (Å²) in [4.78, 5) is 17.0. The van der Waals surface area contributed by atoms with Crippen LogP contribution in [0.2, 0.25) is 5.02 Å². The Kier molecular flexibility index (Phi) is 5.28. The molecule has 1 heterocycles. The zero-order valence-electron chi connectivity index (χ0n) is 15.1. The van der Waals surface area contributed by atoms with Gasteiger partial charge in [-0.1, -0.05) is 54.1 Å². The highest BCUT2D eigenvalue weighted by Crippen LogP contribution is 2.23. The monoisotopic (exact) mass is 379 g/mol. The van der Waals surface area contributed by atoms with Crippen LogP contribution in [-0.2, 0) is 4.79 Å².